The summed E-state index contributed by atoms with van der Waals surface area (Å²) >= 11 is 0. The van der Waals surface area contributed by atoms with E-state index in [1.54, 1.807) is 6.07 Å². The molecule has 0 aliphatic carbocycles. The molecule has 0 bridgehead atoms. The molecule has 5 nitrogen and oxygen atoms in total. The molecule has 1 heterocycles. The Morgan fingerprint density at radius 3 is 2.74 bits per heavy atom. The number of aromatic nitrogens is 2. The number of hydrogen-bond donors (Lipinski definition) is 0. The van der Waals surface area contributed by atoms with Gasteiger partial charge in [0.25, 0.3) is 0 Å². The van der Waals surface area contributed by atoms with Crippen LogP contribution in [-0.4, -0.2) is 30.2 Å². The molecular formula is C13H11FN2O3. The lowest BCUT2D eigenvalue weighted by Crippen LogP contribution is -2.06. The third kappa shape index (κ3) is 2.52. The van der Waals surface area contributed by atoms with Crippen molar-refractivity contribution in [2.45, 2.75) is 0 Å². The third-order valence-electron chi connectivity index (χ3n) is 2.47. The minimum Gasteiger partial charge on any atom is -0.494 e. The summed E-state index contributed by atoms with van der Waals surface area (Å²) in [5.74, 6) is -0.997. The Labute approximate surface area is 109 Å². The normalized spacial score (nSPS) is 10.1. The van der Waals surface area contributed by atoms with E-state index in [1.807, 2.05) is 0 Å². The summed E-state index contributed by atoms with van der Waals surface area (Å²) in [6.45, 7) is 0. The second kappa shape index (κ2) is 5.43. The van der Waals surface area contributed by atoms with E-state index >= 15 is 0 Å². The summed E-state index contributed by atoms with van der Waals surface area (Å²) in [6, 6.07) is 6.01. The second-order valence-corrected chi connectivity index (χ2v) is 3.58. The molecular weight excluding hydrogens is 251 g/mol. The van der Waals surface area contributed by atoms with Gasteiger partial charge in [0.05, 0.1) is 19.8 Å². The van der Waals surface area contributed by atoms with Crippen LogP contribution in [0.15, 0.2) is 30.5 Å². The molecule has 0 aliphatic heterocycles. The highest BCUT2D eigenvalue weighted by Crippen LogP contribution is 2.26. The minimum atomic E-state index is -0.605. The lowest BCUT2D eigenvalue weighted by molar-refractivity contribution is 0.0594. The second-order valence-electron chi connectivity index (χ2n) is 3.58. The molecule has 0 aliphatic rings. The van der Waals surface area contributed by atoms with Crippen LogP contribution in [0, 0.1) is 5.82 Å². The molecule has 2 aromatic rings. The number of rotatable bonds is 3. The van der Waals surface area contributed by atoms with Gasteiger partial charge >= 0.3 is 5.97 Å². The predicted octanol–water partition coefficient (Wildman–Crippen LogP) is 2.08. The van der Waals surface area contributed by atoms with Crippen molar-refractivity contribution < 1.29 is 18.7 Å². The SMILES string of the molecule is COC(=O)c1ccnc(-c2cccc(OC)c2F)n1. The van der Waals surface area contributed by atoms with Crippen LogP contribution >= 0.6 is 0 Å². The van der Waals surface area contributed by atoms with Gasteiger partial charge in [0.1, 0.15) is 0 Å². The molecule has 6 heteroatoms. The van der Waals surface area contributed by atoms with Crippen molar-refractivity contribution in [3.8, 4) is 17.1 Å². The van der Waals surface area contributed by atoms with Crippen LogP contribution in [0.5, 0.6) is 5.75 Å². The van der Waals surface area contributed by atoms with Crippen molar-refractivity contribution in [1.82, 2.24) is 9.97 Å². The molecule has 98 valence electrons. The topological polar surface area (TPSA) is 61.3 Å². The van der Waals surface area contributed by atoms with Gasteiger partial charge in [-0.2, -0.15) is 0 Å². The fraction of sp³-hybridized carbons (Fsp3) is 0.154. The summed E-state index contributed by atoms with van der Waals surface area (Å²) in [5.41, 5.74) is 0.222. The summed E-state index contributed by atoms with van der Waals surface area (Å²) in [7, 11) is 2.62. The van der Waals surface area contributed by atoms with Gasteiger partial charge in [-0.3, -0.25) is 0 Å². The molecule has 0 amide bonds. The highest BCUT2D eigenvalue weighted by Gasteiger charge is 2.15. The first kappa shape index (κ1) is 12.9. The van der Waals surface area contributed by atoms with Gasteiger partial charge in [0.15, 0.2) is 23.1 Å². The molecule has 0 radical (unpaired) electrons. The van der Waals surface area contributed by atoms with Crippen LogP contribution in [0.4, 0.5) is 4.39 Å². The molecule has 0 atom stereocenters. The van der Waals surface area contributed by atoms with Gasteiger partial charge < -0.3 is 9.47 Å². The van der Waals surface area contributed by atoms with Gasteiger partial charge in [-0.15, -0.1) is 0 Å². The number of benzene rings is 1. The van der Waals surface area contributed by atoms with E-state index in [2.05, 4.69) is 14.7 Å². The van der Waals surface area contributed by atoms with Crippen LogP contribution in [0.2, 0.25) is 0 Å². The molecule has 0 spiro atoms. The number of halogens is 1. The summed E-state index contributed by atoms with van der Waals surface area (Å²) in [5, 5.41) is 0. The Morgan fingerprint density at radius 2 is 2.05 bits per heavy atom. The summed E-state index contributed by atoms with van der Waals surface area (Å²) < 4.78 is 23.5. The van der Waals surface area contributed by atoms with Gasteiger partial charge in [0, 0.05) is 6.20 Å². The Kier molecular flexibility index (Phi) is 3.70. The molecule has 0 fully saturated rings. The average Bonchev–Trinajstić information content (AvgIpc) is 2.46. The zero-order valence-electron chi connectivity index (χ0n) is 10.4. The fourth-order valence-corrected chi connectivity index (χ4v) is 1.55. The van der Waals surface area contributed by atoms with Gasteiger partial charge in [-0.05, 0) is 18.2 Å². The van der Waals surface area contributed by atoms with E-state index in [-0.39, 0.29) is 22.8 Å². The fourth-order valence-electron chi connectivity index (χ4n) is 1.55. The monoisotopic (exact) mass is 262 g/mol. The Bertz CT molecular complexity index is 617. The number of methoxy groups -OCH3 is 2. The Balaban J connectivity index is 2.50. The molecule has 2 rings (SSSR count). The van der Waals surface area contributed by atoms with Gasteiger partial charge in [-0.25, -0.2) is 19.2 Å². The van der Waals surface area contributed by atoms with Gasteiger partial charge in [0.2, 0.25) is 0 Å². The van der Waals surface area contributed by atoms with E-state index in [4.69, 9.17) is 4.74 Å². The first-order valence-electron chi connectivity index (χ1n) is 5.41. The Hall–Kier alpha value is -2.50. The third-order valence-corrected chi connectivity index (χ3v) is 2.47. The van der Waals surface area contributed by atoms with Crippen molar-refractivity contribution in [1.29, 1.82) is 0 Å². The molecule has 0 N–H and O–H groups in total. The number of nitrogens with zero attached hydrogens (tertiary/aromatic N) is 2. The van der Waals surface area contributed by atoms with Crippen LogP contribution < -0.4 is 4.74 Å². The highest BCUT2D eigenvalue weighted by molar-refractivity contribution is 5.87. The van der Waals surface area contributed by atoms with E-state index in [0.29, 0.717) is 0 Å². The maximum Gasteiger partial charge on any atom is 0.356 e. The number of carbonyl (C=O) groups excluding carboxylic acids is 1. The van der Waals surface area contributed by atoms with Crippen LogP contribution in [0.25, 0.3) is 11.4 Å². The highest BCUT2D eigenvalue weighted by atomic mass is 19.1. The van der Waals surface area contributed by atoms with Crippen molar-refractivity contribution >= 4 is 5.97 Å². The molecule has 0 saturated carbocycles. The lowest BCUT2D eigenvalue weighted by Gasteiger charge is -2.06. The largest absolute Gasteiger partial charge is 0.494 e. The van der Waals surface area contributed by atoms with Crippen LogP contribution in [0.3, 0.4) is 0 Å². The van der Waals surface area contributed by atoms with Crippen molar-refractivity contribution in [2.75, 3.05) is 14.2 Å². The zero-order valence-corrected chi connectivity index (χ0v) is 10.4. The van der Waals surface area contributed by atoms with Crippen LogP contribution in [0.1, 0.15) is 10.5 Å². The lowest BCUT2D eigenvalue weighted by atomic mass is 10.2. The maximum atomic E-state index is 14.1. The molecule has 0 saturated heterocycles. The van der Waals surface area contributed by atoms with Crippen molar-refractivity contribution in [3.05, 3.63) is 42.0 Å². The van der Waals surface area contributed by atoms with E-state index < -0.39 is 11.8 Å². The number of carbonyl (C=O) groups is 1. The molecule has 1 aromatic carbocycles. The first-order valence-corrected chi connectivity index (χ1v) is 5.41. The zero-order chi connectivity index (χ0) is 13.8. The maximum absolute atomic E-state index is 14.1. The van der Waals surface area contributed by atoms with Gasteiger partial charge in [-0.1, -0.05) is 6.07 Å². The average molecular weight is 262 g/mol. The number of hydrogen-bond acceptors (Lipinski definition) is 5. The van der Waals surface area contributed by atoms with Crippen molar-refractivity contribution in [3.63, 3.8) is 0 Å². The first-order chi connectivity index (χ1) is 9.17. The van der Waals surface area contributed by atoms with E-state index in [1.165, 1.54) is 38.6 Å². The van der Waals surface area contributed by atoms with Crippen LogP contribution in [-0.2, 0) is 4.74 Å². The Morgan fingerprint density at radius 1 is 1.26 bits per heavy atom. The minimum absolute atomic E-state index is 0.0646. The quantitative estimate of drug-likeness (QED) is 0.792. The summed E-state index contributed by atoms with van der Waals surface area (Å²) in [6.07, 6.45) is 1.37. The van der Waals surface area contributed by atoms with Crippen molar-refractivity contribution in [2.24, 2.45) is 0 Å². The smallest absolute Gasteiger partial charge is 0.356 e. The van der Waals surface area contributed by atoms with E-state index in [9.17, 15) is 9.18 Å². The molecule has 1 aromatic heterocycles. The van der Waals surface area contributed by atoms with E-state index in [0.717, 1.165) is 0 Å². The molecule has 0 unspecified atom stereocenters. The number of esters is 1. The predicted molar refractivity (Wildman–Crippen MR) is 65.3 cm³/mol. The molecule has 19 heavy (non-hydrogen) atoms. The standard InChI is InChI=1S/C13H11FN2O3/c1-18-10-5-3-4-8(11(10)14)12-15-7-6-9(16-12)13(17)19-2/h3-7H,1-2H3. The number of ether oxygens (including phenoxy) is 2. The summed E-state index contributed by atoms with van der Waals surface area (Å²) in [4.78, 5) is 19.3.